The van der Waals surface area contributed by atoms with Crippen molar-refractivity contribution in [1.29, 1.82) is 0 Å². The first kappa shape index (κ1) is 21.5. The number of hydrogen-bond acceptors (Lipinski definition) is 6. The van der Waals surface area contributed by atoms with Gasteiger partial charge in [0.15, 0.2) is 18.1 Å². The van der Waals surface area contributed by atoms with E-state index in [1.54, 1.807) is 31.4 Å². The zero-order chi connectivity index (χ0) is 21.5. The molecular weight excluding hydrogens is 430 g/mol. The molecule has 1 saturated heterocycles. The van der Waals surface area contributed by atoms with Gasteiger partial charge in [0.1, 0.15) is 11.5 Å². The molecule has 1 fully saturated rings. The highest BCUT2D eigenvalue weighted by Crippen LogP contribution is 2.45. The van der Waals surface area contributed by atoms with Crippen molar-refractivity contribution in [3.05, 3.63) is 78.4 Å². The molecule has 5 nitrogen and oxygen atoms in total. The van der Waals surface area contributed by atoms with Crippen molar-refractivity contribution in [3.8, 4) is 23.0 Å². The third-order valence-corrected chi connectivity index (χ3v) is 7.68. The van der Waals surface area contributed by atoms with Gasteiger partial charge in [-0.05, 0) is 54.1 Å². The Bertz CT molecular complexity index is 1000. The van der Waals surface area contributed by atoms with Crippen molar-refractivity contribution in [3.63, 3.8) is 0 Å². The van der Waals surface area contributed by atoms with Crippen molar-refractivity contribution < 1.29 is 19.0 Å². The molecule has 3 aromatic rings. The Morgan fingerprint density at radius 3 is 2.23 bits per heavy atom. The van der Waals surface area contributed by atoms with Crippen LogP contribution in [0.2, 0.25) is 0 Å². The normalized spacial score (nSPS) is 13.6. The van der Waals surface area contributed by atoms with Crippen LogP contribution in [0.3, 0.4) is 0 Å². The number of hydrogen-bond donors (Lipinski definition) is 1. The lowest BCUT2D eigenvalue weighted by molar-refractivity contribution is -0.118. The van der Waals surface area contributed by atoms with Gasteiger partial charge in [-0.1, -0.05) is 24.3 Å². The summed E-state index contributed by atoms with van der Waals surface area (Å²) in [6, 6.07) is 22.6. The number of carbonyl (C=O) groups excluding carboxylic acids is 1. The predicted molar refractivity (Wildman–Crippen MR) is 128 cm³/mol. The second-order valence-electron chi connectivity index (χ2n) is 6.76. The third kappa shape index (κ3) is 5.89. The van der Waals surface area contributed by atoms with Crippen molar-refractivity contribution in [2.75, 3.05) is 30.5 Å². The van der Waals surface area contributed by atoms with Gasteiger partial charge >= 0.3 is 0 Å². The predicted octanol–water partition coefficient (Wildman–Crippen LogP) is 5.98. The summed E-state index contributed by atoms with van der Waals surface area (Å²) in [4.78, 5) is 12.2. The van der Waals surface area contributed by atoms with E-state index < -0.39 is 0 Å². The van der Waals surface area contributed by atoms with Gasteiger partial charge in [0.2, 0.25) is 0 Å². The molecule has 0 atom stereocenters. The fraction of sp³-hybridized carbons (Fsp3) is 0.208. The first-order valence-corrected chi connectivity index (χ1v) is 12.0. The molecule has 0 aliphatic carbocycles. The average molecular weight is 454 g/mol. The first-order chi connectivity index (χ1) is 15.2. The van der Waals surface area contributed by atoms with E-state index >= 15 is 0 Å². The van der Waals surface area contributed by atoms with Crippen LogP contribution < -0.4 is 19.5 Å². The van der Waals surface area contributed by atoms with E-state index in [4.69, 9.17) is 14.2 Å². The quantitative estimate of drug-likeness (QED) is 0.453. The van der Waals surface area contributed by atoms with E-state index in [0.29, 0.717) is 33.3 Å². The number of anilines is 1. The second-order valence-corrected chi connectivity index (χ2v) is 9.48. The molecule has 160 valence electrons. The molecule has 7 heteroatoms. The molecule has 0 radical (unpaired) electrons. The Kier molecular flexibility index (Phi) is 7.27. The Labute approximate surface area is 190 Å². The average Bonchev–Trinajstić information content (AvgIpc) is 3.35. The molecule has 0 unspecified atom stereocenters. The zero-order valence-electron chi connectivity index (χ0n) is 17.1. The van der Waals surface area contributed by atoms with Crippen molar-refractivity contribution >= 4 is 35.1 Å². The molecule has 0 aromatic heterocycles. The summed E-state index contributed by atoms with van der Waals surface area (Å²) in [5.74, 6) is 4.80. The Morgan fingerprint density at radius 1 is 0.903 bits per heavy atom. The van der Waals surface area contributed by atoms with Gasteiger partial charge in [0.25, 0.3) is 5.91 Å². The Balaban J connectivity index is 1.26. The first-order valence-electron chi connectivity index (χ1n) is 9.88. The summed E-state index contributed by atoms with van der Waals surface area (Å²) in [5, 5.41) is 2.83. The van der Waals surface area contributed by atoms with Crippen LogP contribution in [-0.4, -0.2) is 31.1 Å². The number of nitrogens with one attached hydrogen (secondary N) is 1. The number of ether oxygens (including phenoxy) is 3. The lowest BCUT2D eigenvalue weighted by Crippen LogP contribution is -2.20. The van der Waals surface area contributed by atoms with Crippen LogP contribution in [0, 0.1) is 0 Å². The fourth-order valence-electron chi connectivity index (χ4n) is 3.05. The highest BCUT2D eigenvalue weighted by molar-refractivity contribution is 8.19. The number of para-hydroxylation sites is 2. The second kappa shape index (κ2) is 10.5. The molecule has 4 rings (SSSR count). The van der Waals surface area contributed by atoms with Gasteiger partial charge in [0.05, 0.1) is 11.7 Å². The molecule has 0 bridgehead atoms. The van der Waals surface area contributed by atoms with Crippen LogP contribution >= 0.6 is 23.5 Å². The maximum atomic E-state index is 12.2. The van der Waals surface area contributed by atoms with E-state index in [1.165, 1.54) is 17.1 Å². The Morgan fingerprint density at radius 2 is 1.55 bits per heavy atom. The van der Waals surface area contributed by atoms with Crippen LogP contribution in [0.15, 0.2) is 72.8 Å². The monoisotopic (exact) mass is 453 g/mol. The summed E-state index contributed by atoms with van der Waals surface area (Å²) in [6.45, 7) is -0.0499. The zero-order valence-corrected chi connectivity index (χ0v) is 18.7. The third-order valence-electron chi connectivity index (χ3n) is 4.58. The SMILES string of the molecule is COc1ccccc1Oc1ccc(NC(=O)COc2ccc(C3SCCS3)cc2)cc1. The number of methoxy groups -OCH3 is 1. The Hall–Kier alpha value is -2.77. The van der Waals surface area contributed by atoms with Crippen molar-refractivity contribution in [2.45, 2.75) is 4.58 Å². The maximum Gasteiger partial charge on any atom is 0.262 e. The van der Waals surface area contributed by atoms with E-state index in [0.717, 1.165) is 0 Å². The standard InChI is InChI=1S/C24H23NO4S2/c1-27-21-4-2-3-5-22(21)29-20-12-8-18(9-13-20)25-23(26)16-28-19-10-6-17(7-11-19)24-30-14-15-31-24/h2-13,24H,14-16H2,1H3,(H,25,26). The van der Waals surface area contributed by atoms with Crippen molar-refractivity contribution in [1.82, 2.24) is 0 Å². The molecule has 1 N–H and O–H groups in total. The number of carbonyl (C=O) groups is 1. The molecule has 1 amide bonds. The number of amides is 1. The lowest BCUT2D eigenvalue weighted by atomic mass is 10.2. The van der Waals surface area contributed by atoms with E-state index in [1.807, 2.05) is 59.9 Å². The lowest BCUT2D eigenvalue weighted by Gasteiger charge is -2.12. The molecule has 1 aliphatic heterocycles. The smallest absolute Gasteiger partial charge is 0.262 e. The van der Waals surface area contributed by atoms with Crippen LogP contribution in [0.1, 0.15) is 10.1 Å². The summed E-state index contributed by atoms with van der Waals surface area (Å²) >= 11 is 3.93. The summed E-state index contributed by atoms with van der Waals surface area (Å²) in [5.41, 5.74) is 1.96. The topological polar surface area (TPSA) is 56.8 Å². The van der Waals surface area contributed by atoms with Gasteiger partial charge in [-0.3, -0.25) is 4.79 Å². The van der Waals surface area contributed by atoms with Gasteiger partial charge < -0.3 is 19.5 Å². The molecule has 0 spiro atoms. The fourth-order valence-corrected chi connectivity index (χ4v) is 5.91. The van der Waals surface area contributed by atoms with Crippen LogP contribution in [0.5, 0.6) is 23.0 Å². The van der Waals surface area contributed by atoms with Crippen LogP contribution in [0.25, 0.3) is 0 Å². The highest BCUT2D eigenvalue weighted by atomic mass is 32.2. The van der Waals surface area contributed by atoms with Crippen LogP contribution in [-0.2, 0) is 4.79 Å². The van der Waals surface area contributed by atoms with Crippen LogP contribution in [0.4, 0.5) is 5.69 Å². The minimum absolute atomic E-state index is 0.0499. The number of thioether (sulfide) groups is 2. The molecule has 1 aliphatic rings. The van der Waals surface area contributed by atoms with Gasteiger partial charge in [0, 0.05) is 17.2 Å². The van der Waals surface area contributed by atoms with E-state index in [2.05, 4.69) is 17.4 Å². The maximum absolute atomic E-state index is 12.2. The van der Waals surface area contributed by atoms with Gasteiger partial charge in [-0.15, -0.1) is 23.5 Å². The number of benzene rings is 3. The summed E-state index contributed by atoms with van der Waals surface area (Å²) in [6.07, 6.45) is 0. The molecule has 31 heavy (non-hydrogen) atoms. The summed E-state index contributed by atoms with van der Waals surface area (Å²) in [7, 11) is 1.60. The van der Waals surface area contributed by atoms with Gasteiger partial charge in [-0.2, -0.15) is 0 Å². The molecule has 0 saturated carbocycles. The van der Waals surface area contributed by atoms with E-state index in [9.17, 15) is 4.79 Å². The van der Waals surface area contributed by atoms with E-state index in [-0.39, 0.29) is 12.5 Å². The molecular formula is C24H23NO4S2. The van der Waals surface area contributed by atoms with Gasteiger partial charge in [-0.25, -0.2) is 0 Å². The minimum Gasteiger partial charge on any atom is -0.493 e. The minimum atomic E-state index is -0.218. The summed E-state index contributed by atoms with van der Waals surface area (Å²) < 4.78 is 17.3. The molecule has 3 aromatic carbocycles. The molecule has 1 heterocycles. The van der Waals surface area contributed by atoms with Crippen molar-refractivity contribution in [2.24, 2.45) is 0 Å². The highest BCUT2D eigenvalue weighted by Gasteiger charge is 2.18. The number of rotatable bonds is 8. The largest absolute Gasteiger partial charge is 0.493 e.